The number of amides is 3. The van der Waals surface area contributed by atoms with Crippen molar-refractivity contribution in [1.82, 2.24) is 35.1 Å². The molecule has 5 atom stereocenters. The lowest BCUT2D eigenvalue weighted by atomic mass is 9.91. The van der Waals surface area contributed by atoms with Gasteiger partial charge in [0, 0.05) is 26.1 Å². The van der Waals surface area contributed by atoms with Gasteiger partial charge in [-0.15, -0.1) is 0 Å². The maximum Gasteiger partial charge on any atom is 0.410 e. The first-order chi connectivity index (χ1) is 19.8. The Bertz CT molecular complexity index is 1230. The lowest BCUT2D eigenvalue weighted by Gasteiger charge is -2.33. The van der Waals surface area contributed by atoms with E-state index in [2.05, 4.69) is 25.6 Å². The predicted octanol–water partition coefficient (Wildman–Crippen LogP) is -0.140. The van der Waals surface area contributed by atoms with E-state index in [0.717, 1.165) is 25.7 Å². The number of nitrogens with two attached hydrogens (primary N) is 1. The molecule has 41 heavy (non-hydrogen) atoms. The van der Waals surface area contributed by atoms with Gasteiger partial charge in [-0.05, 0) is 38.5 Å². The number of aryl methyl sites for hydroxylation is 1. The summed E-state index contributed by atoms with van der Waals surface area (Å²) < 4.78 is 12.4. The SMILES string of the molecule is CC.CCNC(=O)[C@H]1O[C@@H](n2cnc3c(N)nc(CCCC4CCN(C(=O)OC5CNC5=O)CC4)nc32)C(O)[C@H]1O. The number of likely N-dealkylation sites (N-methyl/N-ethyl adjacent to an activating group) is 1. The van der Waals surface area contributed by atoms with Crippen molar-refractivity contribution in [2.45, 2.75) is 83.5 Å². The van der Waals surface area contributed by atoms with Crippen LogP contribution in [0.2, 0.25) is 0 Å². The van der Waals surface area contributed by atoms with Gasteiger partial charge in [-0.25, -0.2) is 19.7 Å². The molecule has 3 fully saturated rings. The van der Waals surface area contributed by atoms with Crippen molar-refractivity contribution in [3.63, 3.8) is 0 Å². The zero-order valence-corrected chi connectivity index (χ0v) is 23.7. The third-order valence-corrected chi connectivity index (χ3v) is 7.50. The molecule has 15 heteroatoms. The fraction of sp³-hybridized carbons (Fsp3) is 0.692. The van der Waals surface area contributed by atoms with Gasteiger partial charge >= 0.3 is 6.09 Å². The molecule has 3 aliphatic rings. The van der Waals surface area contributed by atoms with Gasteiger partial charge in [0.1, 0.15) is 23.5 Å². The number of aliphatic hydroxyl groups excluding tert-OH is 2. The monoisotopic (exact) mass is 576 g/mol. The fourth-order valence-electron chi connectivity index (χ4n) is 5.18. The lowest BCUT2D eigenvalue weighted by molar-refractivity contribution is -0.138. The Balaban J connectivity index is 0.00000189. The topological polar surface area (TPSA) is 207 Å². The second-order valence-corrected chi connectivity index (χ2v) is 10.1. The molecule has 2 aromatic heterocycles. The van der Waals surface area contributed by atoms with Gasteiger partial charge in [-0.2, -0.15) is 0 Å². The average Bonchev–Trinajstić information content (AvgIpc) is 3.53. The summed E-state index contributed by atoms with van der Waals surface area (Å²) in [6.07, 6.45) is -0.848. The van der Waals surface area contributed by atoms with Gasteiger partial charge in [0.2, 0.25) is 0 Å². The molecule has 0 aliphatic carbocycles. The molecular formula is C26H40N8O7. The second-order valence-electron chi connectivity index (χ2n) is 10.1. The number of hydrogen-bond donors (Lipinski definition) is 5. The molecule has 6 N–H and O–H groups in total. The van der Waals surface area contributed by atoms with Gasteiger partial charge in [-0.3, -0.25) is 14.2 Å². The number of β-lactam (4-membered cyclic amide) rings is 1. The minimum atomic E-state index is -1.41. The number of imidazole rings is 1. The van der Waals surface area contributed by atoms with Crippen molar-refractivity contribution in [3.05, 3.63) is 12.2 Å². The molecule has 15 nitrogen and oxygen atoms in total. The van der Waals surface area contributed by atoms with Crippen molar-refractivity contribution in [2.75, 3.05) is 31.9 Å². The highest BCUT2D eigenvalue weighted by molar-refractivity contribution is 5.88. The Morgan fingerprint density at radius 1 is 1.22 bits per heavy atom. The number of anilines is 1. The summed E-state index contributed by atoms with van der Waals surface area (Å²) in [5, 5.41) is 26.1. The number of carbonyl (C=O) groups is 3. The molecule has 2 unspecified atom stereocenters. The molecule has 0 bridgehead atoms. The predicted molar refractivity (Wildman–Crippen MR) is 146 cm³/mol. The summed E-state index contributed by atoms with van der Waals surface area (Å²) in [7, 11) is 0. The van der Waals surface area contributed by atoms with Crippen LogP contribution in [-0.4, -0.2) is 103 Å². The van der Waals surface area contributed by atoms with Crippen molar-refractivity contribution >= 4 is 34.9 Å². The van der Waals surface area contributed by atoms with Crippen LogP contribution in [0.4, 0.5) is 10.6 Å². The first-order valence-electron chi connectivity index (χ1n) is 14.3. The molecule has 0 aromatic carbocycles. The lowest BCUT2D eigenvalue weighted by Crippen LogP contribution is -2.56. The summed E-state index contributed by atoms with van der Waals surface area (Å²) in [4.78, 5) is 50.7. The maximum atomic E-state index is 12.2. The first-order valence-corrected chi connectivity index (χ1v) is 14.3. The van der Waals surface area contributed by atoms with Gasteiger partial charge in [-0.1, -0.05) is 13.8 Å². The molecule has 0 radical (unpaired) electrons. The van der Waals surface area contributed by atoms with E-state index in [1.54, 1.807) is 11.8 Å². The Morgan fingerprint density at radius 2 is 1.95 bits per heavy atom. The number of fused-ring (bicyclic) bond motifs is 1. The van der Waals surface area contributed by atoms with Crippen LogP contribution >= 0.6 is 0 Å². The molecule has 0 saturated carbocycles. The zero-order chi connectivity index (χ0) is 29.7. The number of piperidine rings is 1. The molecule has 5 heterocycles. The van der Waals surface area contributed by atoms with E-state index in [-0.39, 0.29) is 11.7 Å². The van der Waals surface area contributed by atoms with Crippen molar-refractivity contribution in [1.29, 1.82) is 0 Å². The number of aliphatic hydroxyl groups is 2. The number of aromatic nitrogens is 4. The summed E-state index contributed by atoms with van der Waals surface area (Å²) in [6, 6.07) is 0. The minimum Gasteiger partial charge on any atom is -0.434 e. The number of nitrogens with zero attached hydrogens (tertiary/aromatic N) is 5. The molecule has 226 valence electrons. The van der Waals surface area contributed by atoms with E-state index in [4.69, 9.17) is 15.2 Å². The van der Waals surface area contributed by atoms with Crippen LogP contribution in [0.3, 0.4) is 0 Å². The van der Waals surface area contributed by atoms with Crippen LogP contribution < -0.4 is 16.4 Å². The molecular weight excluding hydrogens is 536 g/mol. The summed E-state index contributed by atoms with van der Waals surface area (Å²) in [5.41, 5.74) is 6.83. The third-order valence-electron chi connectivity index (χ3n) is 7.50. The zero-order valence-electron chi connectivity index (χ0n) is 23.7. The fourth-order valence-corrected chi connectivity index (χ4v) is 5.18. The Kier molecular flexibility index (Phi) is 9.94. The van der Waals surface area contributed by atoms with Crippen LogP contribution in [0, 0.1) is 5.92 Å². The number of likely N-dealkylation sites (tertiary alicyclic amines) is 1. The van der Waals surface area contributed by atoms with Crippen LogP contribution in [0.25, 0.3) is 11.2 Å². The molecule has 3 aliphatic heterocycles. The van der Waals surface area contributed by atoms with E-state index >= 15 is 0 Å². The largest absolute Gasteiger partial charge is 0.434 e. The molecule has 5 rings (SSSR count). The Morgan fingerprint density at radius 3 is 2.59 bits per heavy atom. The maximum absolute atomic E-state index is 12.2. The number of nitrogens with one attached hydrogen (secondary N) is 2. The third kappa shape index (κ3) is 6.52. The van der Waals surface area contributed by atoms with Crippen LogP contribution in [-0.2, 0) is 25.5 Å². The first kappa shape index (κ1) is 30.4. The van der Waals surface area contributed by atoms with E-state index in [1.165, 1.54) is 10.9 Å². The molecule has 2 aromatic rings. The Labute approximate surface area is 237 Å². The minimum absolute atomic E-state index is 0.189. The molecule has 3 saturated heterocycles. The van der Waals surface area contributed by atoms with E-state index in [0.29, 0.717) is 55.5 Å². The number of carbonyl (C=O) groups excluding carboxylic acids is 3. The molecule has 3 amide bonds. The highest BCUT2D eigenvalue weighted by Crippen LogP contribution is 2.32. The second kappa shape index (κ2) is 13.4. The van der Waals surface area contributed by atoms with Crippen LogP contribution in [0.1, 0.15) is 58.5 Å². The van der Waals surface area contributed by atoms with Gasteiger partial charge in [0.05, 0.1) is 12.9 Å². The van der Waals surface area contributed by atoms with Crippen LogP contribution in [0.5, 0.6) is 0 Å². The smallest absolute Gasteiger partial charge is 0.410 e. The van der Waals surface area contributed by atoms with E-state index in [9.17, 15) is 24.6 Å². The summed E-state index contributed by atoms with van der Waals surface area (Å²) in [6.45, 7) is 7.64. The normalized spacial score (nSPS) is 26.1. The summed E-state index contributed by atoms with van der Waals surface area (Å²) >= 11 is 0. The van der Waals surface area contributed by atoms with Gasteiger partial charge in [0.25, 0.3) is 11.8 Å². The standard InChI is InChI=1S/C24H34N8O7.C2H6/c1-2-26-22(36)18-16(33)17(34)23(39-18)32-11-28-15-19(25)29-14(30-20(15)32)5-3-4-12-6-8-31(9-7-12)24(37)38-13-10-27-21(13)35;1-2/h11-13,16-18,23,33-34H,2-10H2,1H3,(H,26,36)(H,27,35)(H2,25,29,30);1-2H3/t13?,16-,17?,18+,23-;/m1./s1. The Hall–Kier alpha value is -3.56. The number of nitrogen functional groups attached to an aromatic ring is 1. The molecule has 0 spiro atoms. The van der Waals surface area contributed by atoms with Gasteiger partial charge < -0.3 is 41.0 Å². The van der Waals surface area contributed by atoms with Crippen LogP contribution in [0.15, 0.2) is 6.33 Å². The van der Waals surface area contributed by atoms with E-state index in [1.807, 2.05) is 13.8 Å². The quantitative estimate of drug-likeness (QED) is 0.261. The van der Waals surface area contributed by atoms with Crippen molar-refractivity contribution in [2.24, 2.45) is 5.92 Å². The highest BCUT2D eigenvalue weighted by Gasteiger charge is 2.47. The average molecular weight is 577 g/mol. The number of rotatable bonds is 8. The summed E-state index contributed by atoms with van der Waals surface area (Å²) in [5.74, 6) is 0.362. The van der Waals surface area contributed by atoms with E-state index < -0.39 is 42.6 Å². The van der Waals surface area contributed by atoms with Gasteiger partial charge in [0.15, 0.2) is 29.9 Å². The van der Waals surface area contributed by atoms with Crippen molar-refractivity contribution in [3.8, 4) is 0 Å². The number of ether oxygens (including phenoxy) is 2. The number of hydrogen-bond acceptors (Lipinski definition) is 11. The van der Waals surface area contributed by atoms with Crippen molar-refractivity contribution < 1.29 is 34.1 Å². The highest BCUT2D eigenvalue weighted by atomic mass is 16.6.